The van der Waals surface area contributed by atoms with Crippen molar-refractivity contribution in [2.45, 2.75) is 92.6 Å². The lowest BCUT2D eigenvalue weighted by Gasteiger charge is -2.13. The second kappa shape index (κ2) is 16.6. The van der Waals surface area contributed by atoms with Gasteiger partial charge in [0.25, 0.3) is 0 Å². The summed E-state index contributed by atoms with van der Waals surface area (Å²) in [6.07, 6.45) is 18.7. The first-order chi connectivity index (χ1) is 13.3. The Kier molecular flexibility index (Phi) is 15.7. The average molecular weight is 389 g/mol. The van der Waals surface area contributed by atoms with Crippen LogP contribution < -0.4 is 0 Å². The van der Waals surface area contributed by atoms with Crippen molar-refractivity contribution in [3.05, 3.63) is 58.2 Å². The van der Waals surface area contributed by atoms with Gasteiger partial charge in [-0.15, -0.1) is 0 Å². The zero-order valence-corrected chi connectivity index (χ0v) is 19.5. The minimum Gasteiger partial charge on any atom is -0.392 e. The quantitative estimate of drug-likeness (QED) is 0.313. The standard InChI is InChI=1S/C26H44O2/c1-21(2)11-8-12-22(3)13-9-15-24(5)19-26(28-7)20-25(6)16-10-14-23(4)17-18-27/h11,13,16-17,19,26-27H,8-10,12,14-15,18,20H2,1-7H3/b22-13+,23-17+,24-19+,25-16+. The van der Waals surface area contributed by atoms with Crippen molar-refractivity contribution in [3.8, 4) is 0 Å². The topological polar surface area (TPSA) is 29.5 Å². The normalized spacial score (nSPS) is 15.0. The summed E-state index contributed by atoms with van der Waals surface area (Å²) >= 11 is 0. The fourth-order valence-electron chi connectivity index (χ4n) is 3.05. The molecule has 0 aliphatic carbocycles. The van der Waals surface area contributed by atoms with Crippen molar-refractivity contribution < 1.29 is 9.84 Å². The molecule has 0 aliphatic heterocycles. The number of aliphatic hydroxyl groups is 1. The lowest BCUT2D eigenvalue weighted by atomic mass is 10.0. The maximum Gasteiger partial charge on any atom is 0.0791 e. The van der Waals surface area contributed by atoms with Gasteiger partial charge in [0.15, 0.2) is 0 Å². The SMILES string of the molecule is COC(/C=C(\C)CC/C=C(\C)CCC=C(C)C)C/C(C)=C/CC/C(C)=C/CO. The lowest BCUT2D eigenvalue weighted by molar-refractivity contribution is 0.140. The van der Waals surface area contributed by atoms with Crippen molar-refractivity contribution in [3.63, 3.8) is 0 Å². The molecule has 2 heteroatoms. The summed E-state index contributed by atoms with van der Waals surface area (Å²) in [5, 5.41) is 8.91. The number of hydrogen-bond donors (Lipinski definition) is 1. The first kappa shape index (κ1) is 26.6. The molecule has 1 N–H and O–H groups in total. The van der Waals surface area contributed by atoms with Crippen molar-refractivity contribution >= 4 is 0 Å². The number of aliphatic hydroxyl groups excluding tert-OH is 1. The van der Waals surface area contributed by atoms with E-state index in [-0.39, 0.29) is 12.7 Å². The van der Waals surface area contributed by atoms with E-state index in [1.165, 1.54) is 27.9 Å². The summed E-state index contributed by atoms with van der Waals surface area (Å²) in [6.45, 7) is 13.1. The molecule has 1 unspecified atom stereocenters. The van der Waals surface area contributed by atoms with E-state index in [9.17, 15) is 0 Å². The molecule has 2 nitrogen and oxygen atoms in total. The maximum atomic E-state index is 8.91. The molecule has 0 rings (SSSR count). The smallest absolute Gasteiger partial charge is 0.0791 e. The molecule has 0 aromatic heterocycles. The molecule has 0 aromatic carbocycles. The Bertz CT molecular complexity index is 569. The molecule has 0 amide bonds. The number of methoxy groups -OCH3 is 1. The number of hydrogen-bond acceptors (Lipinski definition) is 2. The molecule has 0 spiro atoms. The summed E-state index contributed by atoms with van der Waals surface area (Å²) in [6, 6.07) is 0. The van der Waals surface area contributed by atoms with Crippen LogP contribution in [0.2, 0.25) is 0 Å². The average Bonchev–Trinajstić information content (AvgIpc) is 2.61. The van der Waals surface area contributed by atoms with Gasteiger partial charge in [-0.3, -0.25) is 0 Å². The molecule has 0 aliphatic rings. The van der Waals surface area contributed by atoms with Gasteiger partial charge in [0.05, 0.1) is 12.7 Å². The van der Waals surface area contributed by atoms with E-state index in [2.05, 4.69) is 65.8 Å². The van der Waals surface area contributed by atoms with Crippen LogP contribution in [0.1, 0.15) is 86.5 Å². The number of ether oxygens (including phenoxy) is 1. The van der Waals surface area contributed by atoms with Crippen LogP contribution in [0.4, 0.5) is 0 Å². The Morgan fingerprint density at radius 1 is 0.714 bits per heavy atom. The van der Waals surface area contributed by atoms with Crippen LogP contribution in [0.3, 0.4) is 0 Å². The summed E-state index contributed by atoms with van der Waals surface area (Å²) in [5.74, 6) is 0. The third kappa shape index (κ3) is 15.7. The Labute approximate surface area is 174 Å². The van der Waals surface area contributed by atoms with Gasteiger partial charge >= 0.3 is 0 Å². The minimum absolute atomic E-state index is 0.133. The molecule has 28 heavy (non-hydrogen) atoms. The van der Waals surface area contributed by atoms with Gasteiger partial charge in [0, 0.05) is 7.11 Å². The minimum atomic E-state index is 0.133. The van der Waals surface area contributed by atoms with Crippen LogP contribution in [0, 0.1) is 0 Å². The monoisotopic (exact) mass is 388 g/mol. The molecule has 0 fully saturated rings. The van der Waals surface area contributed by atoms with Crippen molar-refractivity contribution in [1.29, 1.82) is 0 Å². The zero-order valence-electron chi connectivity index (χ0n) is 19.5. The van der Waals surface area contributed by atoms with Crippen LogP contribution >= 0.6 is 0 Å². The van der Waals surface area contributed by atoms with Crippen molar-refractivity contribution in [2.24, 2.45) is 0 Å². The lowest BCUT2D eigenvalue weighted by Crippen LogP contribution is -2.08. The molecule has 1 atom stereocenters. The molecular weight excluding hydrogens is 344 g/mol. The van der Waals surface area contributed by atoms with E-state index >= 15 is 0 Å². The summed E-state index contributed by atoms with van der Waals surface area (Å²) in [5.41, 5.74) is 6.89. The van der Waals surface area contributed by atoms with Gasteiger partial charge in [-0.2, -0.15) is 0 Å². The Morgan fingerprint density at radius 3 is 1.75 bits per heavy atom. The molecule has 160 valence electrons. The van der Waals surface area contributed by atoms with Gasteiger partial charge in [0.1, 0.15) is 0 Å². The molecule has 0 saturated carbocycles. The summed E-state index contributed by atoms with van der Waals surface area (Å²) in [4.78, 5) is 0. The summed E-state index contributed by atoms with van der Waals surface area (Å²) < 4.78 is 5.68. The van der Waals surface area contributed by atoms with Gasteiger partial charge in [0.2, 0.25) is 0 Å². The zero-order chi connectivity index (χ0) is 21.4. The largest absolute Gasteiger partial charge is 0.392 e. The molecule has 0 saturated heterocycles. The van der Waals surface area contributed by atoms with Crippen LogP contribution in [-0.2, 0) is 4.74 Å². The van der Waals surface area contributed by atoms with Gasteiger partial charge in [-0.25, -0.2) is 0 Å². The summed E-state index contributed by atoms with van der Waals surface area (Å²) in [7, 11) is 1.79. The Hall–Kier alpha value is -1.38. The molecule has 0 radical (unpaired) electrons. The second-order valence-electron chi connectivity index (χ2n) is 8.22. The fraction of sp³-hybridized carbons (Fsp3) is 0.615. The van der Waals surface area contributed by atoms with E-state index in [0.717, 1.165) is 44.9 Å². The highest BCUT2D eigenvalue weighted by Gasteiger charge is 2.05. The van der Waals surface area contributed by atoms with Crippen LogP contribution in [0.5, 0.6) is 0 Å². The Morgan fingerprint density at radius 2 is 1.21 bits per heavy atom. The van der Waals surface area contributed by atoms with Crippen LogP contribution in [-0.4, -0.2) is 24.9 Å². The molecular formula is C26H44O2. The predicted molar refractivity (Wildman–Crippen MR) is 125 cm³/mol. The van der Waals surface area contributed by atoms with Crippen LogP contribution in [0.15, 0.2) is 58.2 Å². The molecule has 0 heterocycles. The van der Waals surface area contributed by atoms with E-state index < -0.39 is 0 Å². The molecule has 0 bridgehead atoms. The van der Waals surface area contributed by atoms with E-state index in [1.807, 2.05) is 6.08 Å². The Balaban J connectivity index is 4.43. The third-order valence-electron chi connectivity index (χ3n) is 4.89. The van der Waals surface area contributed by atoms with Gasteiger partial charge < -0.3 is 9.84 Å². The maximum absolute atomic E-state index is 8.91. The highest BCUT2D eigenvalue weighted by molar-refractivity contribution is 5.11. The van der Waals surface area contributed by atoms with E-state index in [1.54, 1.807) is 7.11 Å². The van der Waals surface area contributed by atoms with Crippen molar-refractivity contribution in [2.75, 3.05) is 13.7 Å². The first-order valence-electron chi connectivity index (χ1n) is 10.7. The predicted octanol–water partition coefficient (Wildman–Crippen LogP) is 7.48. The van der Waals surface area contributed by atoms with Crippen molar-refractivity contribution in [1.82, 2.24) is 0 Å². The van der Waals surface area contributed by atoms with Crippen LogP contribution in [0.25, 0.3) is 0 Å². The van der Waals surface area contributed by atoms with E-state index in [0.29, 0.717) is 0 Å². The first-order valence-corrected chi connectivity index (χ1v) is 10.7. The van der Waals surface area contributed by atoms with E-state index in [4.69, 9.17) is 9.84 Å². The highest BCUT2D eigenvalue weighted by atomic mass is 16.5. The second-order valence-corrected chi connectivity index (χ2v) is 8.22. The van der Waals surface area contributed by atoms with Gasteiger partial charge in [-0.1, -0.05) is 58.2 Å². The number of rotatable bonds is 14. The van der Waals surface area contributed by atoms with Gasteiger partial charge in [-0.05, 0) is 86.5 Å². The fourth-order valence-corrected chi connectivity index (χ4v) is 3.05. The number of allylic oxidation sites excluding steroid dienone is 7. The molecule has 0 aromatic rings. The highest BCUT2D eigenvalue weighted by Crippen LogP contribution is 2.16. The third-order valence-corrected chi connectivity index (χ3v) is 4.89.